The molecule has 0 spiro atoms. The van der Waals surface area contributed by atoms with Gasteiger partial charge in [-0.2, -0.15) is 0 Å². The second kappa shape index (κ2) is 7.56. The van der Waals surface area contributed by atoms with E-state index in [1.165, 1.54) is 6.07 Å². The number of rotatable bonds is 4. The fourth-order valence-electron chi connectivity index (χ4n) is 4.02. The molecule has 1 aromatic heterocycles. The zero-order valence-corrected chi connectivity index (χ0v) is 17.5. The van der Waals surface area contributed by atoms with Gasteiger partial charge in [-0.1, -0.05) is 18.2 Å². The Bertz CT molecular complexity index is 1290. The van der Waals surface area contributed by atoms with Crippen molar-refractivity contribution in [1.29, 1.82) is 0 Å². The van der Waals surface area contributed by atoms with Crippen molar-refractivity contribution in [2.24, 2.45) is 0 Å². The lowest BCUT2D eigenvalue weighted by Crippen LogP contribution is -2.30. The van der Waals surface area contributed by atoms with Crippen LogP contribution in [-0.2, 0) is 11.3 Å². The summed E-state index contributed by atoms with van der Waals surface area (Å²) in [6.45, 7) is 3.96. The van der Waals surface area contributed by atoms with E-state index in [2.05, 4.69) is 5.32 Å². The molecule has 5 rings (SSSR count). The summed E-state index contributed by atoms with van der Waals surface area (Å²) in [5.41, 5.74) is 3.96. The van der Waals surface area contributed by atoms with Gasteiger partial charge in [0.15, 0.2) is 11.5 Å². The van der Waals surface area contributed by atoms with E-state index in [-0.39, 0.29) is 24.6 Å². The van der Waals surface area contributed by atoms with Gasteiger partial charge in [0.2, 0.25) is 6.79 Å². The molecule has 162 valence electrons. The molecule has 0 aliphatic carbocycles. The Labute approximate surface area is 183 Å². The monoisotopic (exact) mass is 433 g/mol. The molecule has 0 radical (unpaired) electrons. The van der Waals surface area contributed by atoms with Crippen LogP contribution in [0.15, 0.2) is 54.2 Å². The van der Waals surface area contributed by atoms with Gasteiger partial charge >= 0.3 is 6.03 Å². The first-order valence-corrected chi connectivity index (χ1v) is 10.1. The predicted octanol–water partition coefficient (Wildman–Crippen LogP) is 4.05. The molecule has 8 heteroatoms. The van der Waals surface area contributed by atoms with Crippen LogP contribution in [0, 0.1) is 19.7 Å². The Morgan fingerprint density at radius 2 is 1.84 bits per heavy atom. The standard InChI is InChI=1S/C24H20FN3O4/c1-14-9-17(15(2)28(14)18-7-8-21-22(11-18)32-13-31-21)10-20-23(29)27(24(30)26-20)12-16-5-3-4-6-19(16)25/h3-11H,12-13H2,1-2H3,(H,26,30)/b20-10-. The Morgan fingerprint density at radius 1 is 1.06 bits per heavy atom. The van der Waals surface area contributed by atoms with Crippen molar-refractivity contribution in [3.8, 4) is 17.2 Å². The molecule has 2 aliphatic heterocycles. The Balaban J connectivity index is 1.44. The first kappa shape index (κ1) is 19.9. The molecule has 3 heterocycles. The van der Waals surface area contributed by atoms with Crippen molar-refractivity contribution < 1.29 is 23.5 Å². The third kappa shape index (κ3) is 3.30. The molecular formula is C24H20FN3O4. The molecule has 3 aromatic rings. The SMILES string of the molecule is Cc1cc(/C=C2\NC(=O)N(Cc3ccccc3F)C2=O)c(C)n1-c1ccc2c(c1)OCO2. The van der Waals surface area contributed by atoms with E-state index in [1.54, 1.807) is 24.3 Å². The fraction of sp³-hybridized carbons (Fsp3) is 0.167. The van der Waals surface area contributed by atoms with Crippen LogP contribution in [0.5, 0.6) is 11.5 Å². The van der Waals surface area contributed by atoms with Crippen molar-refractivity contribution >= 4 is 18.0 Å². The maximum Gasteiger partial charge on any atom is 0.329 e. The van der Waals surface area contributed by atoms with Crippen LogP contribution in [0.4, 0.5) is 9.18 Å². The van der Waals surface area contributed by atoms with Gasteiger partial charge in [0, 0.05) is 28.7 Å². The maximum absolute atomic E-state index is 14.0. The molecule has 2 aromatic carbocycles. The average molecular weight is 433 g/mol. The average Bonchev–Trinajstić information content (AvgIpc) is 3.42. The lowest BCUT2D eigenvalue weighted by Gasteiger charge is -2.12. The number of urea groups is 1. The minimum Gasteiger partial charge on any atom is -0.454 e. The molecule has 0 unspecified atom stereocenters. The highest BCUT2D eigenvalue weighted by molar-refractivity contribution is 6.14. The summed E-state index contributed by atoms with van der Waals surface area (Å²) in [4.78, 5) is 26.2. The number of amides is 3. The highest BCUT2D eigenvalue weighted by Gasteiger charge is 2.34. The van der Waals surface area contributed by atoms with Crippen molar-refractivity contribution in [1.82, 2.24) is 14.8 Å². The number of imide groups is 1. The van der Waals surface area contributed by atoms with Gasteiger partial charge in [0.1, 0.15) is 11.5 Å². The molecule has 7 nitrogen and oxygen atoms in total. The van der Waals surface area contributed by atoms with Crippen LogP contribution in [0.3, 0.4) is 0 Å². The molecular weight excluding hydrogens is 413 g/mol. The van der Waals surface area contributed by atoms with E-state index in [0.29, 0.717) is 11.5 Å². The van der Waals surface area contributed by atoms with Crippen LogP contribution in [0.1, 0.15) is 22.5 Å². The van der Waals surface area contributed by atoms with Gasteiger partial charge in [-0.05, 0) is 49.8 Å². The van der Waals surface area contributed by atoms with E-state index in [1.807, 2.05) is 42.7 Å². The topological polar surface area (TPSA) is 72.8 Å². The van der Waals surface area contributed by atoms with Gasteiger partial charge in [-0.25, -0.2) is 9.18 Å². The van der Waals surface area contributed by atoms with E-state index >= 15 is 0 Å². The molecule has 2 aliphatic rings. The number of aromatic nitrogens is 1. The summed E-state index contributed by atoms with van der Waals surface area (Å²) in [6.07, 6.45) is 1.65. The first-order valence-electron chi connectivity index (χ1n) is 10.1. The number of hydrogen-bond donors (Lipinski definition) is 1. The third-order valence-electron chi connectivity index (χ3n) is 5.63. The second-order valence-corrected chi connectivity index (χ2v) is 7.67. The summed E-state index contributed by atoms with van der Waals surface area (Å²) < 4.78 is 26.9. The Kier molecular flexibility index (Phi) is 4.70. The van der Waals surface area contributed by atoms with Crippen molar-refractivity contribution in [3.05, 3.63) is 82.6 Å². The number of fused-ring (bicyclic) bond motifs is 1. The second-order valence-electron chi connectivity index (χ2n) is 7.67. The van der Waals surface area contributed by atoms with Gasteiger partial charge in [0.05, 0.1) is 6.54 Å². The van der Waals surface area contributed by atoms with E-state index in [9.17, 15) is 14.0 Å². The number of nitrogens with zero attached hydrogens (tertiary/aromatic N) is 2. The van der Waals surface area contributed by atoms with E-state index < -0.39 is 17.8 Å². The molecule has 32 heavy (non-hydrogen) atoms. The van der Waals surface area contributed by atoms with Crippen LogP contribution >= 0.6 is 0 Å². The van der Waals surface area contributed by atoms with Crippen molar-refractivity contribution in [2.45, 2.75) is 20.4 Å². The third-order valence-corrected chi connectivity index (χ3v) is 5.63. The summed E-state index contributed by atoms with van der Waals surface area (Å²) in [5.74, 6) is 0.425. The largest absolute Gasteiger partial charge is 0.454 e. The summed E-state index contributed by atoms with van der Waals surface area (Å²) in [6, 6.07) is 13.1. The fourth-order valence-corrected chi connectivity index (χ4v) is 4.02. The normalized spacial score (nSPS) is 16.2. The van der Waals surface area contributed by atoms with Gasteiger partial charge < -0.3 is 19.4 Å². The highest BCUT2D eigenvalue weighted by Crippen LogP contribution is 2.35. The van der Waals surface area contributed by atoms with Crippen LogP contribution in [0.2, 0.25) is 0 Å². The molecule has 1 fully saturated rings. The van der Waals surface area contributed by atoms with Crippen molar-refractivity contribution in [2.75, 3.05) is 6.79 Å². The van der Waals surface area contributed by atoms with E-state index in [4.69, 9.17) is 9.47 Å². The van der Waals surface area contributed by atoms with Crippen LogP contribution in [0.25, 0.3) is 11.8 Å². The molecule has 1 N–H and O–H groups in total. The van der Waals surface area contributed by atoms with Crippen LogP contribution in [-0.4, -0.2) is 28.2 Å². The lowest BCUT2D eigenvalue weighted by atomic mass is 10.2. The van der Waals surface area contributed by atoms with Gasteiger partial charge in [-0.15, -0.1) is 0 Å². The Morgan fingerprint density at radius 3 is 2.66 bits per heavy atom. The zero-order chi connectivity index (χ0) is 22.4. The molecule has 0 saturated carbocycles. The predicted molar refractivity (Wildman–Crippen MR) is 115 cm³/mol. The number of carbonyl (C=O) groups is 2. The minimum atomic E-state index is -0.575. The maximum atomic E-state index is 14.0. The summed E-state index contributed by atoms with van der Waals surface area (Å²) >= 11 is 0. The van der Waals surface area contributed by atoms with Gasteiger partial charge in [0.25, 0.3) is 5.91 Å². The number of carbonyl (C=O) groups excluding carboxylic acids is 2. The number of ether oxygens (including phenoxy) is 2. The van der Waals surface area contributed by atoms with Crippen LogP contribution < -0.4 is 14.8 Å². The molecule has 0 atom stereocenters. The minimum absolute atomic E-state index is 0.134. The number of hydrogen-bond acceptors (Lipinski definition) is 4. The van der Waals surface area contributed by atoms with Gasteiger partial charge in [-0.3, -0.25) is 9.69 Å². The first-order chi connectivity index (χ1) is 15.4. The molecule has 0 bridgehead atoms. The lowest BCUT2D eigenvalue weighted by molar-refractivity contribution is -0.123. The number of halogens is 1. The van der Waals surface area contributed by atoms with E-state index in [0.717, 1.165) is 27.5 Å². The highest BCUT2D eigenvalue weighted by atomic mass is 19.1. The molecule has 3 amide bonds. The zero-order valence-electron chi connectivity index (χ0n) is 17.5. The smallest absolute Gasteiger partial charge is 0.329 e. The van der Waals surface area contributed by atoms with Crippen molar-refractivity contribution in [3.63, 3.8) is 0 Å². The number of benzene rings is 2. The quantitative estimate of drug-likeness (QED) is 0.498. The Hall–Kier alpha value is -4.07. The number of nitrogens with one attached hydrogen (secondary N) is 1. The molecule has 1 saturated heterocycles. The summed E-state index contributed by atoms with van der Waals surface area (Å²) in [7, 11) is 0. The number of aryl methyl sites for hydroxylation is 1. The summed E-state index contributed by atoms with van der Waals surface area (Å²) in [5, 5.41) is 2.60.